The number of carbonyl (C=O) groups is 2. The second kappa shape index (κ2) is 9.27. The molecule has 8 heteroatoms. The zero-order valence-electron chi connectivity index (χ0n) is 16.6. The second-order valence-electron chi connectivity index (χ2n) is 6.46. The third-order valence-electron chi connectivity index (χ3n) is 4.41. The molecule has 0 saturated carbocycles. The Morgan fingerprint density at radius 3 is 2.55 bits per heavy atom. The van der Waals surface area contributed by atoms with Gasteiger partial charge >= 0.3 is 5.97 Å². The molecule has 4 rings (SSSR count). The third-order valence-corrected chi connectivity index (χ3v) is 5.30. The van der Waals surface area contributed by atoms with E-state index in [-0.39, 0.29) is 5.69 Å². The first kappa shape index (κ1) is 20.4. The standard InChI is InChI=1S/C23H19N3O4S/c1-29-20-11-6-5-10-17(20)24-22(27)15-30-23(28)19-14-18(21-12-7-13-31-21)25-26(19)16-8-3-2-4-9-16/h2-14H,15H2,1H3,(H,24,27). The normalized spacial score (nSPS) is 10.5. The van der Waals surface area contributed by atoms with Crippen LogP contribution in [0, 0.1) is 0 Å². The van der Waals surface area contributed by atoms with E-state index in [4.69, 9.17) is 9.47 Å². The van der Waals surface area contributed by atoms with Crippen molar-refractivity contribution in [2.24, 2.45) is 0 Å². The lowest BCUT2D eigenvalue weighted by Crippen LogP contribution is -2.22. The van der Waals surface area contributed by atoms with E-state index in [1.807, 2.05) is 47.8 Å². The van der Waals surface area contributed by atoms with Crippen LogP contribution in [0.4, 0.5) is 5.69 Å². The number of hydrogen-bond donors (Lipinski definition) is 1. The Bertz CT molecular complexity index is 1190. The van der Waals surface area contributed by atoms with Crippen LogP contribution in [-0.2, 0) is 9.53 Å². The highest BCUT2D eigenvalue weighted by Gasteiger charge is 2.20. The number of esters is 1. The summed E-state index contributed by atoms with van der Waals surface area (Å²) in [6.45, 7) is -0.439. The van der Waals surface area contributed by atoms with Crippen molar-refractivity contribution in [2.75, 3.05) is 19.0 Å². The number of anilines is 1. The zero-order valence-corrected chi connectivity index (χ0v) is 17.5. The Kier molecular flexibility index (Phi) is 6.09. The molecule has 4 aromatic rings. The van der Waals surface area contributed by atoms with Gasteiger partial charge < -0.3 is 14.8 Å². The van der Waals surface area contributed by atoms with Gasteiger partial charge in [0.15, 0.2) is 12.3 Å². The van der Waals surface area contributed by atoms with Crippen molar-refractivity contribution in [3.63, 3.8) is 0 Å². The van der Waals surface area contributed by atoms with E-state index in [1.165, 1.54) is 23.1 Å². The quantitative estimate of drug-likeness (QED) is 0.437. The maximum atomic E-state index is 12.8. The van der Waals surface area contributed by atoms with Crippen molar-refractivity contribution in [2.45, 2.75) is 0 Å². The van der Waals surface area contributed by atoms with E-state index in [0.717, 1.165) is 10.6 Å². The molecule has 31 heavy (non-hydrogen) atoms. The Morgan fingerprint density at radius 2 is 1.81 bits per heavy atom. The Balaban J connectivity index is 1.52. The smallest absolute Gasteiger partial charge is 0.357 e. The molecule has 2 aromatic heterocycles. The molecule has 2 heterocycles. The number of benzene rings is 2. The van der Waals surface area contributed by atoms with Gasteiger partial charge in [-0.15, -0.1) is 11.3 Å². The average molecular weight is 433 g/mol. The van der Waals surface area contributed by atoms with E-state index < -0.39 is 18.5 Å². The van der Waals surface area contributed by atoms with Gasteiger partial charge in [-0.3, -0.25) is 4.79 Å². The van der Waals surface area contributed by atoms with E-state index >= 15 is 0 Å². The minimum absolute atomic E-state index is 0.236. The number of methoxy groups -OCH3 is 1. The summed E-state index contributed by atoms with van der Waals surface area (Å²) in [6.07, 6.45) is 0. The molecule has 0 aliphatic carbocycles. The fourth-order valence-electron chi connectivity index (χ4n) is 2.98. The van der Waals surface area contributed by atoms with Gasteiger partial charge in [-0.1, -0.05) is 36.4 Å². The van der Waals surface area contributed by atoms with Crippen LogP contribution in [0.3, 0.4) is 0 Å². The molecule has 0 aliphatic heterocycles. The van der Waals surface area contributed by atoms with Crippen molar-refractivity contribution in [1.82, 2.24) is 9.78 Å². The molecular formula is C23H19N3O4S. The SMILES string of the molecule is COc1ccccc1NC(=O)COC(=O)c1cc(-c2cccs2)nn1-c1ccccc1. The van der Waals surface area contributed by atoms with Gasteiger partial charge in [0.05, 0.1) is 23.4 Å². The number of thiophene rings is 1. The lowest BCUT2D eigenvalue weighted by atomic mass is 10.3. The predicted molar refractivity (Wildman–Crippen MR) is 119 cm³/mol. The van der Waals surface area contributed by atoms with Crippen LogP contribution >= 0.6 is 11.3 Å². The molecular weight excluding hydrogens is 414 g/mol. The Morgan fingerprint density at radius 1 is 1.03 bits per heavy atom. The van der Waals surface area contributed by atoms with Gasteiger partial charge in [-0.2, -0.15) is 5.10 Å². The molecule has 1 N–H and O–H groups in total. The fraction of sp³-hybridized carbons (Fsp3) is 0.0870. The Labute approximate surface area is 182 Å². The second-order valence-corrected chi connectivity index (χ2v) is 7.41. The van der Waals surface area contributed by atoms with Crippen LogP contribution in [0.2, 0.25) is 0 Å². The topological polar surface area (TPSA) is 82.4 Å². The number of ether oxygens (including phenoxy) is 2. The van der Waals surface area contributed by atoms with Crippen LogP contribution in [0.15, 0.2) is 78.2 Å². The number of carbonyl (C=O) groups excluding carboxylic acids is 2. The highest BCUT2D eigenvalue weighted by molar-refractivity contribution is 7.13. The fourth-order valence-corrected chi connectivity index (χ4v) is 3.66. The predicted octanol–water partition coefficient (Wildman–Crippen LogP) is 4.40. The molecule has 2 aromatic carbocycles. The Hall–Kier alpha value is -3.91. The molecule has 0 radical (unpaired) electrons. The van der Waals surface area contributed by atoms with Gasteiger partial charge in [0, 0.05) is 6.07 Å². The molecule has 0 bridgehead atoms. The number of rotatable bonds is 7. The first-order valence-electron chi connectivity index (χ1n) is 9.45. The molecule has 0 atom stereocenters. The number of amides is 1. The molecule has 0 unspecified atom stereocenters. The average Bonchev–Trinajstić information content (AvgIpc) is 3.48. The minimum Gasteiger partial charge on any atom is -0.495 e. The minimum atomic E-state index is -0.644. The summed E-state index contributed by atoms with van der Waals surface area (Å²) in [7, 11) is 1.51. The molecule has 7 nitrogen and oxygen atoms in total. The lowest BCUT2D eigenvalue weighted by Gasteiger charge is -2.10. The molecule has 156 valence electrons. The number of hydrogen-bond acceptors (Lipinski definition) is 6. The highest BCUT2D eigenvalue weighted by atomic mass is 32.1. The maximum Gasteiger partial charge on any atom is 0.357 e. The van der Waals surface area contributed by atoms with Gasteiger partial charge in [0.25, 0.3) is 5.91 Å². The van der Waals surface area contributed by atoms with Crippen LogP contribution in [0.5, 0.6) is 5.75 Å². The van der Waals surface area contributed by atoms with Gasteiger partial charge in [-0.25, -0.2) is 9.48 Å². The van der Waals surface area contributed by atoms with Crippen LogP contribution in [0.1, 0.15) is 10.5 Å². The van der Waals surface area contributed by atoms with Crippen molar-refractivity contribution in [3.8, 4) is 22.0 Å². The summed E-state index contributed by atoms with van der Waals surface area (Å²) in [4.78, 5) is 26.0. The summed E-state index contributed by atoms with van der Waals surface area (Å²) in [5, 5.41) is 9.19. The third kappa shape index (κ3) is 4.65. The summed E-state index contributed by atoms with van der Waals surface area (Å²) >= 11 is 1.52. The number of para-hydroxylation sites is 3. The van der Waals surface area contributed by atoms with E-state index in [0.29, 0.717) is 17.1 Å². The summed E-state index contributed by atoms with van der Waals surface area (Å²) in [5.74, 6) is -0.596. The molecule has 1 amide bonds. The van der Waals surface area contributed by atoms with Crippen LogP contribution < -0.4 is 10.1 Å². The summed E-state index contributed by atoms with van der Waals surface area (Å²) in [6, 6.07) is 21.8. The summed E-state index contributed by atoms with van der Waals surface area (Å²) in [5.41, 5.74) is 2.11. The number of nitrogens with zero attached hydrogens (tertiary/aromatic N) is 2. The largest absolute Gasteiger partial charge is 0.495 e. The molecule has 0 fully saturated rings. The lowest BCUT2D eigenvalue weighted by molar-refractivity contribution is -0.119. The van der Waals surface area contributed by atoms with Gasteiger partial charge in [0.2, 0.25) is 0 Å². The monoisotopic (exact) mass is 433 g/mol. The number of aromatic nitrogens is 2. The van der Waals surface area contributed by atoms with Crippen molar-refractivity contribution < 1.29 is 19.1 Å². The summed E-state index contributed by atoms with van der Waals surface area (Å²) < 4.78 is 12.0. The van der Waals surface area contributed by atoms with Crippen LogP contribution in [-0.4, -0.2) is 35.4 Å². The van der Waals surface area contributed by atoms with Gasteiger partial charge in [-0.05, 0) is 35.7 Å². The van der Waals surface area contributed by atoms with Gasteiger partial charge in [0.1, 0.15) is 11.4 Å². The van der Waals surface area contributed by atoms with E-state index in [9.17, 15) is 9.59 Å². The number of nitrogens with one attached hydrogen (secondary N) is 1. The maximum absolute atomic E-state index is 12.8. The van der Waals surface area contributed by atoms with Crippen LogP contribution in [0.25, 0.3) is 16.3 Å². The molecule has 0 saturated heterocycles. The van der Waals surface area contributed by atoms with E-state index in [1.54, 1.807) is 30.3 Å². The molecule has 0 spiro atoms. The first-order valence-corrected chi connectivity index (χ1v) is 10.3. The zero-order chi connectivity index (χ0) is 21.6. The van der Waals surface area contributed by atoms with Crippen molar-refractivity contribution >= 4 is 28.9 Å². The van der Waals surface area contributed by atoms with Crippen molar-refractivity contribution in [3.05, 3.63) is 83.9 Å². The highest BCUT2D eigenvalue weighted by Crippen LogP contribution is 2.26. The van der Waals surface area contributed by atoms with Crippen molar-refractivity contribution in [1.29, 1.82) is 0 Å². The molecule has 0 aliphatic rings. The first-order chi connectivity index (χ1) is 15.2. The van der Waals surface area contributed by atoms with E-state index in [2.05, 4.69) is 10.4 Å².